The fourth-order valence-corrected chi connectivity index (χ4v) is 3.51. The van der Waals surface area contributed by atoms with E-state index in [9.17, 15) is 18.0 Å². The van der Waals surface area contributed by atoms with Crippen LogP contribution in [0.15, 0.2) is 35.6 Å². The highest BCUT2D eigenvalue weighted by atomic mass is 32.2. The molecule has 32 heavy (non-hydrogen) atoms. The Morgan fingerprint density at radius 3 is 2.72 bits per heavy atom. The Balaban J connectivity index is 1.73. The SMILES string of the molecule is CCSc1nc(NCC(C)C)c2cnn(CCNC(=O)c3cccc(C(F)(F)F)c3)c2n1. The number of rotatable bonds is 9. The number of fused-ring (bicyclic) bond motifs is 1. The van der Waals surface area contributed by atoms with Crippen LogP contribution in [0.5, 0.6) is 0 Å². The third-order valence-corrected chi connectivity index (χ3v) is 5.22. The Labute approximate surface area is 188 Å². The molecule has 0 fully saturated rings. The van der Waals surface area contributed by atoms with Gasteiger partial charge >= 0.3 is 6.18 Å². The number of alkyl halides is 3. The van der Waals surface area contributed by atoms with E-state index in [1.165, 1.54) is 23.9 Å². The van der Waals surface area contributed by atoms with E-state index in [2.05, 4.69) is 39.5 Å². The number of halogens is 3. The Kier molecular flexibility index (Phi) is 7.60. The Hall–Kier alpha value is -2.82. The second-order valence-corrected chi connectivity index (χ2v) is 8.73. The topological polar surface area (TPSA) is 84.7 Å². The van der Waals surface area contributed by atoms with Gasteiger partial charge in [0.25, 0.3) is 5.91 Å². The van der Waals surface area contributed by atoms with Crippen LogP contribution in [0, 0.1) is 5.92 Å². The summed E-state index contributed by atoms with van der Waals surface area (Å²) in [6.07, 6.45) is -2.83. The van der Waals surface area contributed by atoms with E-state index < -0.39 is 17.6 Å². The van der Waals surface area contributed by atoms with E-state index in [4.69, 9.17) is 0 Å². The monoisotopic (exact) mass is 466 g/mol. The predicted molar refractivity (Wildman–Crippen MR) is 119 cm³/mol. The Bertz CT molecular complexity index is 1080. The molecule has 0 atom stereocenters. The van der Waals surface area contributed by atoms with E-state index in [1.54, 1.807) is 10.9 Å². The molecule has 0 aliphatic heterocycles. The van der Waals surface area contributed by atoms with Crippen LogP contribution in [-0.2, 0) is 12.7 Å². The molecule has 3 aromatic rings. The fourth-order valence-electron chi connectivity index (χ4n) is 2.94. The molecule has 7 nitrogen and oxygen atoms in total. The van der Waals surface area contributed by atoms with Gasteiger partial charge in [-0.15, -0.1) is 0 Å². The molecule has 0 aliphatic rings. The Morgan fingerprint density at radius 1 is 1.25 bits per heavy atom. The lowest BCUT2D eigenvalue weighted by atomic mass is 10.1. The van der Waals surface area contributed by atoms with E-state index in [0.717, 1.165) is 29.8 Å². The highest BCUT2D eigenvalue weighted by molar-refractivity contribution is 7.99. The van der Waals surface area contributed by atoms with Crippen molar-refractivity contribution in [1.82, 2.24) is 25.1 Å². The van der Waals surface area contributed by atoms with Gasteiger partial charge in [-0.25, -0.2) is 14.6 Å². The van der Waals surface area contributed by atoms with E-state index in [0.29, 0.717) is 29.1 Å². The summed E-state index contributed by atoms with van der Waals surface area (Å²) in [4.78, 5) is 21.5. The molecule has 0 saturated carbocycles. The lowest BCUT2D eigenvalue weighted by Gasteiger charge is -2.11. The number of carbonyl (C=O) groups excluding carboxylic acids is 1. The normalized spacial score (nSPS) is 11.8. The predicted octanol–water partition coefficient (Wildman–Crippen LogP) is 4.46. The van der Waals surface area contributed by atoms with Crippen molar-refractivity contribution in [2.75, 3.05) is 24.2 Å². The summed E-state index contributed by atoms with van der Waals surface area (Å²) in [5.41, 5.74) is -0.271. The first-order valence-corrected chi connectivity index (χ1v) is 11.2. The maximum atomic E-state index is 12.9. The van der Waals surface area contributed by atoms with Crippen LogP contribution in [0.3, 0.4) is 0 Å². The van der Waals surface area contributed by atoms with E-state index in [-0.39, 0.29) is 12.1 Å². The largest absolute Gasteiger partial charge is 0.416 e. The molecule has 0 unspecified atom stereocenters. The molecular formula is C21H25F3N6OS. The molecule has 0 aliphatic carbocycles. The summed E-state index contributed by atoms with van der Waals surface area (Å²) in [6.45, 7) is 7.46. The molecule has 2 N–H and O–H groups in total. The van der Waals surface area contributed by atoms with Gasteiger partial charge < -0.3 is 10.6 Å². The molecule has 1 amide bonds. The van der Waals surface area contributed by atoms with Gasteiger partial charge in [0.2, 0.25) is 0 Å². The van der Waals surface area contributed by atoms with Crippen molar-refractivity contribution in [2.45, 2.75) is 38.6 Å². The van der Waals surface area contributed by atoms with Crippen molar-refractivity contribution in [3.8, 4) is 0 Å². The zero-order chi connectivity index (χ0) is 23.3. The van der Waals surface area contributed by atoms with Crippen molar-refractivity contribution < 1.29 is 18.0 Å². The third kappa shape index (κ3) is 5.90. The number of benzene rings is 1. The van der Waals surface area contributed by atoms with Crippen LogP contribution in [0.25, 0.3) is 11.0 Å². The summed E-state index contributed by atoms with van der Waals surface area (Å²) in [5.74, 6) is 1.38. The maximum absolute atomic E-state index is 12.9. The van der Waals surface area contributed by atoms with Gasteiger partial charge in [0, 0.05) is 18.7 Å². The number of thioether (sulfide) groups is 1. The standard InChI is InChI=1S/C21H25F3N6OS/c1-4-32-20-28-17(26-11-13(2)3)16-12-27-30(18(16)29-20)9-8-25-19(31)14-6-5-7-15(10-14)21(22,23)24/h5-7,10,12-13H,4,8-9,11H2,1-3H3,(H,25,31)(H,26,28,29). The summed E-state index contributed by atoms with van der Waals surface area (Å²) >= 11 is 1.51. The van der Waals surface area contributed by atoms with Gasteiger partial charge in [0.15, 0.2) is 10.8 Å². The first-order chi connectivity index (χ1) is 15.2. The highest BCUT2D eigenvalue weighted by Crippen LogP contribution is 2.29. The maximum Gasteiger partial charge on any atom is 0.416 e. The second kappa shape index (κ2) is 10.2. The minimum atomic E-state index is -4.50. The summed E-state index contributed by atoms with van der Waals surface area (Å²) in [6, 6.07) is 4.34. The average Bonchev–Trinajstić information content (AvgIpc) is 3.14. The number of amides is 1. The number of hydrogen-bond acceptors (Lipinski definition) is 6. The molecule has 0 bridgehead atoms. The van der Waals surface area contributed by atoms with Crippen LogP contribution < -0.4 is 10.6 Å². The van der Waals surface area contributed by atoms with Crippen molar-refractivity contribution in [2.24, 2.45) is 5.92 Å². The van der Waals surface area contributed by atoms with Gasteiger partial charge in [-0.2, -0.15) is 18.3 Å². The average molecular weight is 467 g/mol. The summed E-state index contributed by atoms with van der Waals surface area (Å²) < 4.78 is 40.3. The smallest absolute Gasteiger partial charge is 0.369 e. The Morgan fingerprint density at radius 2 is 2.03 bits per heavy atom. The van der Waals surface area contributed by atoms with Gasteiger partial charge in [0.05, 0.1) is 23.7 Å². The zero-order valence-electron chi connectivity index (χ0n) is 18.0. The van der Waals surface area contributed by atoms with Gasteiger partial charge in [-0.05, 0) is 29.9 Å². The second-order valence-electron chi connectivity index (χ2n) is 7.50. The van der Waals surface area contributed by atoms with Crippen molar-refractivity contribution in [3.05, 3.63) is 41.6 Å². The van der Waals surface area contributed by atoms with Gasteiger partial charge in [-0.3, -0.25) is 4.79 Å². The molecule has 0 saturated heterocycles. The zero-order valence-corrected chi connectivity index (χ0v) is 18.8. The van der Waals surface area contributed by atoms with Crippen LogP contribution in [0.4, 0.5) is 19.0 Å². The van der Waals surface area contributed by atoms with Crippen molar-refractivity contribution in [1.29, 1.82) is 0 Å². The van der Waals surface area contributed by atoms with E-state index in [1.807, 2.05) is 6.92 Å². The molecular weight excluding hydrogens is 441 g/mol. The number of aromatic nitrogens is 4. The molecule has 3 rings (SSSR count). The molecule has 2 heterocycles. The summed E-state index contributed by atoms with van der Waals surface area (Å²) in [5, 5.41) is 11.7. The fraction of sp³-hybridized carbons (Fsp3) is 0.429. The first-order valence-electron chi connectivity index (χ1n) is 10.2. The number of carbonyl (C=O) groups is 1. The molecule has 2 aromatic heterocycles. The van der Waals surface area contributed by atoms with Crippen LogP contribution in [0.1, 0.15) is 36.7 Å². The molecule has 0 spiro atoms. The number of nitrogens with one attached hydrogen (secondary N) is 2. The van der Waals surface area contributed by atoms with Crippen molar-refractivity contribution in [3.63, 3.8) is 0 Å². The first kappa shape index (κ1) is 23.8. The highest BCUT2D eigenvalue weighted by Gasteiger charge is 2.30. The number of hydrogen-bond donors (Lipinski definition) is 2. The van der Waals surface area contributed by atoms with Gasteiger partial charge in [0.1, 0.15) is 5.82 Å². The minimum Gasteiger partial charge on any atom is -0.369 e. The summed E-state index contributed by atoms with van der Waals surface area (Å²) in [7, 11) is 0. The third-order valence-electron chi connectivity index (χ3n) is 4.49. The molecule has 172 valence electrons. The molecule has 1 aromatic carbocycles. The number of nitrogens with zero attached hydrogens (tertiary/aromatic N) is 4. The lowest BCUT2D eigenvalue weighted by molar-refractivity contribution is -0.137. The molecule has 11 heteroatoms. The van der Waals surface area contributed by atoms with Gasteiger partial charge in [-0.1, -0.05) is 38.6 Å². The molecule has 0 radical (unpaired) electrons. The van der Waals surface area contributed by atoms with E-state index >= 15 is 0 Å². The van der Waals surface area contributed by atoms with Crippen LogP contribution >= 0.6 is 11.8 Å². The number of anilines is 1. The minimum absolute atomic E-state index is 0.0470. The van der Waals surface area contributed by atoms with Crippen LogP contribution in [0.2, 0.25) is 0 Å². The van der Waals surface area contributed by atoms with Crippen molar-refractivity contribution >= 4 is 34.5 Å². The van der Waals surface area contributed by atoms with Crippen LogP contribution in [-0.4, -0.2) is 44.5 Å². The lowest BCUT2D eigenvalue weighted by Crippen LogP contribution is -2.27. The quantitative estimate of drug-likeness (QED) is 0.358.